The van der Waals surface area contributed by atoms with Crippen molar-refractivity contribution >= 4 is 0 Å². The average Bonchev–Trinajstić information content (AvgIpc) is 2.81. The lowest BCUT2D eigenvalue weighted by molar-refractivity contribution is 0.742. The fourth-order valence-electron chi connectivity index (χ4n) is 2.79. The standard InChI is InChI=1S/C16H22/c1-5-13-9-12(4)15(10-13)16-8-11(3)7-14(16)6-2/h7-10,13-14H,5-6H2,1-4H3. The van der Waals surface area contributed by atoms with Crippen LogP contribution in [0.5, 0.6) is 0 Å². The van der Waals surface area contributed by atoms with Crippen LogP contribution in [-0.4, -0.2) is 0 Å². The van der Waals surface area contributed by atoms with Crippen LogP contribution < -0.4 is 0 Å². The number of allylic oxidation sites excluding steroid dienone is 8. The molecule has 0 aromatic heterocycles. The first-order chi connectivity index (χ1) is 7.65. The molecule has 2 unspecified atom stereocenters. The summed E-state index contributed by atoms with van der Waals surface area (Å²) in [6, 6.07) is 0. The van der Waals surface area contributed by atoms with Gasteiger partial charge in [0.2, 0.25) is 0 Å². The quantitative estimate of drug-likeness (QED) is 0.632. The first-order valence-electron chi connectivity index (χ1n) is 6.46. The summed E-state index contributed by atoms with van der Waals surface area (Å²) in [5, 5.41) is 0. The van der Waals surface area contributed by atoms with Crippen molar-refractivity contribution in [1.82, 2.24) is 0 Å². The summed E-state index contributed by atoms with van der Waals surface area (Å²) in [5.74, 6) is 1.31. The normalized spacial score (nSPS) is 28.8. The Balaban J connectivity index is 2.28. The van der Waals surface area contributed by atoms with Crippen LogP contribution in [0.3, 0.4) is 0 Å². The molecule has 0 spiro atoms. The molecule has 0 heteroatoms. The van der Waals surface area contributed by atoms with Crippen molar-refractivity contribution in [2.24, 2.45) is 11.8 Å². The maximum absolute atomic E-state index is 2.45. The molecule has 0 saturated carbocycles. The Labute approximate surface area is 99.4 Å². The van der Waals surface area contributed by atoms with Crippen molar-refractivity contribution in [2.45, 2.75) is 40.5 Å². The monoisotopic (exact) mass is 214 g/mol. The van der Waals surface area contributed by atoms with Crippen LogP contribution in [0.25, 0.3) is 0 Å². The minimum absolute atomic E-state index is 0.644. The Kier molecular flexibility index (Phi) is 3.18. The molecule has 0 aliphatic heterocycles. The van der Waals surface area contributed by atoms with Gasteiger partial charge < -0.3 is 0 Å². The van der Waals surface area contributed by atoms with Crippen molar-refractivity contribution in [1.29, 1.82) is 0 Å². The van der Waals surface area contributed by atoms with Gasteiger partial charge >= 0.3 is 0 Å². The third-order valence-electron chi connectivity index (χ3n) is 3.74. The molecule has 0 bridgehead atoms. The van der Waals surface area contributed by atoms with E-state index in [9.17, 15) is 0 Å². The second-order valence-corrected chi connectivity index (χ2v) is 5.03. The highest BCUT2D eigenvalue weighted by Crippen LogP contribution is 2.39. The van der Waals surface area contributed by atoms with Gasteiger partial charge in [0.05, 0.1) is 0 Å². The molecule has 0 amide bonds. The van der Waals surface area contributed by atoms with E-state index in [1.165, 1.54) is 29.6 Å². The summed E-state index contributed by atoms with van der Waals surface area (Å²) >= 11 is 0. The largest absolute Gasteiger partial charge is 0.0741 e. The lowest BCUT2D eigenvalue weighted by Crippen LogP contribution is -1.99. The predicted octanol–water partition coefficient (Wildman–Crippen LogP) is 4.81. The Bertz CT molecular complexity index is 402. The molecule has 0 fully saturated rings. The second-order valence-electron chi connectivity index (χ2n) is 5.03. The highest BCUT2D eigenvalue weighted by molar-refractivity contribution is 5.56. The van der Waals surface area contributed by atoms with Gasteiger partial charge in [-0.15, -0.1) is 0 Å². The maximum Gasteiger partial charge on any atom is 0.00270 e. The first-order valence-corrected chi connectivity index (χ1v) is 6.46. The molecule has 0 saturated heterocycles. The minimum atomic E-state index is 0.644. The van der Waals surface area contributed by atoms with E-state index in [4.69, 9.17) is 0 Å². The third kappa shape index (κ3) is 1.93. The molecule has 0 nitrogen and oxygen atoms in total. The zero-order valence-corrected chi connectivity index (χ0v) is 10.9. The van der Waals surface area contributed by atoms with Gasteiger partial charge in [0.1, 0.15) is 0 Å². The van der Waals surface area contributed by atoms with Crippen LogP contribution in [0, 0.1) is 11.8 Å². The third-order valence-corrected chi connectivity index (χ3v) is 3.74. The summed E-state index contributed by atoms with van der Waals surface area (Å²) < 4.78 is 0. The summed E-state index contributed by atoms with van der Waals surface area (Å²) in [4.78, 5) is 0. The van der Waals surface area contributed by atoms with Crippen LogP contribution in [0.4, 0.5) is 0 Å². The van der Waals surface area contributed by atoms with E-state index in [0.717, 1.165) is 0 Å². The van der Waals surface area contributed by atoms with Crippen LogP contribution in [0.15, 0.2) is 46.6 Å². The molecule has 2 aliphatic rings. The minimum Gasteiger partial charge on any atom is -0.0741 e. The van der Waals surface area contributed by atoms with Crippen LogP contribution in [0.2, 0.25) is 0 Å². The molecule has 2 rings (SSSR count). The van der Waals surface area contributed by atoms with E-state index in [0.29, 0.717) is 11.8 Å². The summed E-state index contributed by atoms with van der Waals surface area (Å²) in [5.41, 5.74) is 5.95. The van der Waals surface area contributed by atoms with Crippen molar-refractivity contribution in [3.05, 3.63) is 46.6 Å². The molecule has 0 radical (unpaired) electrons. The lowest BCUT2D eigenvalue weighted by atomic mass is 9.91. The van der Waals surface area contributed by atoms with Crippen LogP contribution in [-0.2, 0) is 0 Å². The van der Waals surface area contributed by atoms with Gasteiger partial charge in [-0.05, 0) is 49.3 Å². The smallest absolute Gasteiger partial charge is 0.00270 e. The van der Waals surface area contributed by atoms with Gasteiger partial charge in [0.15, 0.2) is 0 Å². The van der Waals surface area contributed by atoms with E-state index in [-0.39, 0.29) is 0 Å². The summed E-state index contributed by atoms with van der Waals surface area (Å²) in [7, 11) is 0. The number of hydrogen-bond acceptors (Lipinski definition) is 0. The summed E-state index contributed by atoms with van der Waals surface area (Å²) in [6.07, 6.45) is 12.1. The van der Waals surface area contributed by atoms with E-state index in [1.54, 1.807) is 5.57 Å². The number of hydrogen-bond donors (Lipinski definition) is 0. The molecule has 0 aromatic rings. The van der Waals surface area contributed by atoms with E-state index in [2.05, 4.69) is 52.0 Å². The van der Waals surface area contributed by atoms with Gasteiger partial charge in [-0.25, -0.2) is 0 Å². The van der Waals surface area contributed by atoms with Crippen molar-refractivity contribution < 1.29 is 0 Å². The van der Waals surface area contributed by atoms with Crippen molar-refractivity contribution in [2.75, 3.05) is 0 Å². The topological polar surface area (TPSA) is 0 Å². The maximum atomic E-state index is 2.45. The highest BCUT2D eigenvalue weighted by Gasteiger charge is 2.23. The molecule has 16 heavy (non-hydrogen) atoms. The Morgan fingerprint density at radius 3 is 2.31 bits per heavy atom. The molecule has 86 valence electrons. The summed E-state index contributed by atoms with van der Waals surface area (Å²) in [6.45, 7) is 9.00. The SMILES string of the molecule is CCC1C=C(C)C(C2=CC(C)=CC2CC)=C1. The van der Waals surface area contributed by atoms with E-state index >= 15 is 0 Å². The van der Waals surface area contributed by atoms with Gasteiger partial charge in [0.25, 0.3) is 0 Å². The van der Waals surface area contributed by atoms with Gasteiger partial charge in [-0.1, -0.05) is 43.7 Å². The average molecular weight is 214 g/mol. The van der Waals surface area contributed by atoms with Crippen LogP contribution in [0.1, 0.15) is 40.5 Å². The molecular formula is C16H22. The van der Waals surface area contributed by atoms with Gasteiger partial charge in [-0.3, -0.25) is 0 Å². The Morgan fingerprint density at radius 1 is 1.00 bits per heavy atom. The molecular weight excluding hydrogens is 192 g/mol. The zero-order valence-electron chi connectivity index (χ0n) is 10.9. The molecule has 2 atom stereocenters. The zero-order chi connectivity index (χ0) is 11.7. The second kappa shape index (κ2) is 4.45. The Morgan fingerprint density at radius 2 is 1.75 bits per heavy atom. The molecule has 0 N–H and O–H groups in total. The van der Waals surface area contributed by atoms with Gasteiger partial charge in [-0.2, -0.15) is 0 Å². The lowest BCUT2D eigenvalue weighted by Gasteiger charge is -2.13. The molecule has 2 aliphatic carbocycles. The fourth-order valence-corrected chi connectivity index (χ4v) is 2.79. The van der Waals surface area contributed by atoms with Crippen molar-refractivity contribution in [3.8, 4) is 0 Å². The van der Waals surface area contributed by atoms with Crippen molar-refractivity contribution in [3.63, 3.8) is 0 Å². The fraction of sp³-hybridized carbons (Fsp3) is 0.500. The number of rotatable bonds is 3. The molecule has 0 aromatic carbocycles. The van der Waals surface area contributed by atoms with Gasteiger partial charge in [0, 0.05) is 5.92 Å². The van der Waals surface area contributed by atoms with E-state index in [1.807, 2.05) is 0 Å². The first kappa shape index (κ1) is 11.4. The van der Waals surface area contributed by atoms with E-state index < -0.39 is 0 Å². The highest BCUT2D eigenvalue weighted by atomic mass is 14.3. The Hall–Kier alpha value is -1.04. The van der Waals surface area contributed by atoms with Crippen LogP contribution >= 0.6 is 0 Å². The predicted molar refractivity (Wildman–Crippen MR) is 71.2 cm³/mol. The molecule has 0 heterocycles.